The summed E-state index contributed by atoms with van der Waals surface area (Å²) in [5.74, 6) is 0. The van der Waals surface area contributed by atoms with Crippen LogP contribution in [0.2, 0.25) is 0 Å². The maximum absolute atomic E-state index is 9.80. The van der Waals surface area contributed by atoms with Gasteiger partial charge < -0.3 is 4.74 Å². The lowest BCUT2D eigenvalue weighted by Crippen LogP contribution is -2.01. The molecule has 0 saturated carbocycles. The van der Waals surface area contributed by atoms with Crippen molar-refractivity contribution in [2.45, 2.75) is 6.61 Å². The summed E-state index contributed by atoms with van der Waals surface area (Å²) >= 11 is 0. The Morgan fingerprint density at radius 1 is 1.36 bits per heavy atom. The number of ether oxygens (including phenoxy) is 1. The minimum absolute atomic E-state index is 0.309. The van der Waals surface area contributed by atoms with Crippen LogP contribution in [0.25, 0.3) is 0 Å². The Kier molecular flexibility index (Phi) is 2.72. The molecule has 0 aliphatic carbocycles. The van der Waals surface area contributed by atoms with Gasteiger partial charge in [0.25, 0.3) is 6.47 Å². The number of carbonyl (C=O) groups excluding carboxylic acids is 1. The summed E-state index contributed by atoms with van der Waals surface area (Å²) in [6.45, 7) is 0.736. The van der Waals surface area contributed by atoms with E-state index in [4.69, 9.17) is 7.85 Å². The summed E-state index contributed by atoms with van der Waals surface area (Å²) in [5, 5.41) is 0. The molecule has 0 N–H and O–H groups in total. The number of hydrogen-bond acceptors (Lipinski definition) is 2. The van der Waals surface area contributed by atoms with Crippen molar-refractivity contribution >= 4 is 19.8 Å². The van der Waals surface area contributed by atoms with Gasteiger partial charge in [-0.05, 0) is 5.56 Å². The first kappa shape index (κ1) is 7.86. The predicted molar refractivity (Wildman–Crippen MR) is 42.7 cm³/mol. The van der Waals surface area contributed by atoms with E-state index in [-0.39, 0.29) is 0 Å². The number of carbonyl (C=O) groups is 1. The summed E-state index contributed by atoms with van der Waals surface area (Å²) in [7, 11) is 5.44. The van der Waals surface area contributed by atoms with Crippen LogP contribution in [0.1, 0.15) is 5.56 Å². The Morgan fingerprint density at radius 3 is 2.55 bits per heavy atom. The maximum atomic E-state index is 9.80. The van der Waals surface area contributed by atoms with E-state index in [9.17, 15) is 4.79 Å². The van der Waals surface area contributed by atoms with E-state index in [1.165, 1.54) is 0 Å². The molecule has 0 atom stereocenters. The molecular weight excluding hydrogens is 139 g/mol. The SMILES string of the molecule is [B]c1ccc(COC=O)cc1. The van der Waals surface area contributed by atoms with E-state index in [1.54, 1.807) is 12.1 Å². The fourth-order valence-electron chi connectivity index (χ4n) is 0.744. The third kappa shape index (κ3) is 2.46. The average molecular weight is 146 g/mol. The molecule has 0 saturated heterocycles. The van der Waals surface area contributed by atoms with Crippen LogP contribution in [0.15, 0.2) is 24.3 Å². The number of benzene rings is 1. The first-order valence-electron chi connectivity index (χ1n) is 3.22. The Morgan fingerprint density at radius 2 is 2.00 bits per heavy atom. The summed E-state index contributed by atoms with van der Waals surface area (Å²) in [6, 6.07) is 7.17. The zero-order valence-electron chi connectivity index (χ0n) is 5.99. The minimum Gasteiger partial charge on any atom is -0.463 e. The molecule has 54 valence electrons. The highest BCUT2D eigenvalue weighted by molar-refractivity contribution is 6.32. The minimum atomic E-state index is 0.309. The van der Waals surface area contributed by atoms with Gasteiger partial charge in [0.05, 0.1) is 0 Å². The van der Waals surface area contributed by atoms with Gasteiger partial charge in [0.2, 0.25) is 0 Å². The van der Waals surface area contributed by atoms with E-state index in [0.29, 0.717) is 18.5 Å². The number of rotatable bonds is 3. The van der Waals surface area contributed by atoms with Crippen LogP contribution in [0, 0.1) is 0 Å². The van der Waals surface area contributed by atoms with Crippen LogP contribution < -0.4 is 5.46 Å². The zero-order valence-corrected chi connectivity index (χ0v) is 5.99. The predicted octanol–water partition coefficient (Wildman–Crippen LogP) is 0.153. The number of hydrogen-bond donors (Lipinski definition) is 0. The fraction of sp³-hybridized carbons (Fsp3) is 0.125. The van der Waals surface area contributed by atoms with Gasteiger partial charge in [0, 0.05) is 0 Å². The van der Waals surface area contributed by atoms with Gasteiger partial charge in [-0.2, -0.15) is 0 Å². The molecule has 11 heavy (non-hydrogen) atoms. The van der Waals surface area contributed by atoms with Crippen LogP contribution in [0.4, 0.5) is 0 Å². The van der Waals surface area contributed by atoms with Gasteiger partial charge in [-0.15, -0.1) is 0 Å². The Balaban J connectivity index is 2.58. The van der Waals surface area contributed by atoms with Gasteiger partial charge in [0.15, 0.2) is 0 Å². The Bertz CT molecular complexity index is 230. The zero-order chi connectivity index (χ0) is 8.10. The fourth-order valence-corrected chi connectivity index (χ4v) is 0.744. The lowest BCUT2D eigenvalue weighted by molar-refractivity contribution is -0.129. The lowest BCUT2D eigenvalue weighted by atomic mass is 9.95. The van der Waals surface area contributed by atoms with E-state index in [0.717, 1.165) is 5.56 Å². The van der Waals surface area contributed by atoms with Crippen LogP contribution in [-0.2, 0) is 16.1 Å². The molecule has 1 aromatic carbocycles. The molecule has 1 rings (SSSR count). The summed E-state index contributed by atoms with van der Waals surface area (Å²) < 4.78 is 4.54. The van der Waals surface area contributed by atoms with Gasteiger partial charge >= 0.3 is 0 Å². The van der Waals surface area contributed by atoms with Crippen LogP contribution in [0.5, 0.6) is 0 Å². The highest BCUT2D eigenvalue weighted by Crippen LogP contribution is 1.97. The molecule has 0 fully saturated rings. The molecule has 0 bridgehead atoms. The van der Waals surface area contributed by atoms with Crippen molar-refractivity contribution in [2.24, 2.45) is 0 Å². The van der Waals surface area contributed by atoms with E-state index < -0.39 is 0 Å². The third-order valence-corrected chi connectivity index (χ3v) is 1.30. The van der Waals surface area contributed by atoms with Crippen molar-refractivity contribution in [1.82, 2.24) is 0 Å². The molecule has 0 aliphatic rings. The second kappa shape index (κ2) is 3.81. The molecule has 0 unspecified atom stereocenters. The third-order valence-electron chi connectivity index (χ3n) is 1.30. The lowest BCUT2D eigenvalue weighted by Gasteiger charge is -1.98. The van der Waals surface area contributed by atoms with Crippen molar-refractivity contribution in [3.63, 3.8) is 0 Å². The average Bonchev–Trinajstić information content (AvgIpc) is 2.04. The maximum Gasteiger partial charge on any atom is 0.293 e. The molecular formula is C8H7BO2. The van der Waals surface area contributed by atoms with E-state index in [2.05, 4.69) is 4.74 Å². The van der Waals surface area contributed by atoms with E-state index >= 15 is 0 Å². The highest BCUT2D eigenvalue weighted by Gasteiger charge is 1.89. The summed E-state index contributed by atoms with van der Waals surface area (Å²) in [6.07, 6.45) is 0. The molecule has 0 aromatic heterocycles. The Labute approximate surface area is 66.6 Å². The normalized spacial score (nSPS) is 9.09. The van der Waals surface area contributed by atoms with Gasteiger partial charge in [-0.1, -0.05) is 29.7 Å². The molecule has 2 radical (unpaired) electrons. The molecule has 3 heteroatoms. The quantitative estimate of drug-likeness (QED) is 0.448. The summed E-state index contributed by atoms with van der Waals surface area (Å²) in [4.78, 5) is 9.80. The first-order valence-corrected chi connectivity index (χ1v) is 3.22. The van der Waals surface area contributed by atoms with E-state index in [1.807, 2.05) is 12.1 Å². The highest BCUT2D eigenvalue weighted by atomic mass is 16.5. The molecule has 2 nitrogen and oxygen atoms in total. The van der Waals surface area contributed by atoms with Crippen LogP contribution >= 0.6 is 0 Å². The monoisotopic (exact) mass is 146 g/mol. The standard InChI is InChI=1S/C8H7BO2/c9-8-3-1-7(2-4-8)5-11-6-10/h1-4,6H,5H2. The second-order valence-corrected chi connectivity index (χ2v) is 2.15. The molecule has 0 amide bonds. The molecule has 0 heterocycles. The van der Waals surface area contributed by atoms with Crippen LogP contribution in [-0.4, -0.2) is 14.3 Å². The van der Waals surface area contributed by atoms with Crippen molar-refractivity contribution < 1.29 is 9.53 Å². The Hall–Kier alpha value is -1.25. The first-order chi connectivity index (χ1) is 5.33. The molecule has 1 aromatic rings. The largest absolute Gasteiger partial charge is 0.463 e. The van der Waals surface area contributed by atoms with Crippen LogP contribution in [0.3, 0.4) is 0 Å². The van der Waals surface area contributed by atoms with Crippen molar-refractivity contribution in [3.05, 3.63) is 29.8 Å². The molecule has 0 spiro atoms. The van der Waals surface area contributed by atoms with Crippen molar-refractivity contribution in [2.75, 3.05) is 0 Å². The van der Waals surface area contributed by atoms with Crippen molar-refractivity contribution in [3.8, 4) is 0 Å². The summed E-state index contributed by atoms with van der Waals surface area (Å²) in [5.41, 5.74) is 1.64. The topological polar surface area (TPSA) is 26.3 Å². The smallest absolute Gasteiger partial charge is 0.293 e. The molecule has 0 aliphatic heterocycles. The van der Waals surface area contributed by atoms with Gasteiger partial charge in [-0.3, -0.25) is 4.79 Å². The van der Waals surface area contributed by atoms with Gasteiger partial charge in [0.1, 0.15) is 14.5 Å². The van der Waals surface area contributed by atoms with Gasteiger partial charge in [-0.25, -0.2) is 0 Å². The van der Waals surface area contributed by atoms with Crippen molar-refractivity contribution in [1.29, 1.82) is 0 Å². The second-order valence-electron chi connectivity index (χ2n) is 2.15.